The van der Waals surface area contributed by atoms with Crippen molar-refractivity contribution in [3.63, 3.8) is 0 Å². The van der Waals surface area contributed by atoms with Crippen molar-refractivity contribution < 1.29 is 0 Å². The minimum Gasteiger partial charge on any atom is -0.326 e. The summed E-state index contributed by atoms with van der Waals surface area (Å²) in [7, 11) is 0. The number of aromatic nitrogens is 4. The number of hydrogen-bond donors (Lipinski definition) is 0. The molecule has 2 rings (SSSR count). The molecule has 2 aromatic heterocycles. The van der Waals surface area contributed by atoms with Gasteiger partial charge in [0.2, 0.25) is 0 Å². The van der Waals surface area contributed by atoms with E-state index in [1.807, 2.05) is 23.8 Å². The van der Waals surface area contributed by atoms with Gasteiger partial charge in [0, 0.05) is 18.1 Å². The maximum atomic E-state index is 4.05. The van der Waals surface area contributed by atoms with Gasteiger partial charge in [-0.3, -0.25) is 0 Å². The topological polar surface area (TPSA) is 43.6 Å². The lowest BCUT2D eigenvalue weighted by atomic mass is 10.3. The average molecular weight is 198 g/mol. The Morgan fingerprint density at radius 1 is 1.40 bits per heavy atom. The summed E-state index contributed by atoms with van der Waals surface area (Å²) < 4.78 is 1.90. The zero-order valence-corrected chi connectivity index (χ0v) is 8.38. The van der Waals surface area contributed by atoms with Gasteiger partial charge >= 0.3 is 0 Å². The van der Waals surface area contributed by atoms with Gasteiger partial charge in [-0.1, -0.05) is 5.92 Å². The lowest BCUT2D eigenvalue weighted by Gasteiger charge is -1.92. The summed E-state index contributed by atoms with van der Waals surface area (Å²) in [5.41, 5.74) is 1.68. The lowest BCUT2D eigenvalue weighted by Crippen LogP contribution is -1.91. The molecule has 0 amide bonds. The zero-order chi connectivity index (χ0) is 10.5. The number of hydrogen-bond acceptors (Lipinski definition) is 3. The molecule has 0 aliphatic rings. The SMILES string of the molecule is Cc1cc(C#CCn2ccnc2)ncn1. The van der Waals surface area contributed by atoms with Crippen LogP contribution in [0.1, 0.15) is 11.4 Å². The second kappa shape index (κ2) is 4.38. The zero-order valence-electron chi connectivity index (χ0n) is 8.38. The number of imidazole rings is 1. The maximum absolute atomic E-state index is 4.05. The molecule has 0 bridgehead atoms. The van der Waals surface area contributed by atoms with Gasteiger partial charge in [0.05, 0.1) is 12.9 Å². The Hall–Kier alpha value is -2.15. The summed E-state index contributed by atoms with van der Waals surface area (Å²) in [5, 5.41) is 0. The van der Waals surface area contributed by atoms with E-state index in [0.29, 0.717) is 6.54 Å². The van der Waals surface area contributed by atoms with Crippen LogP contribution < -0.4 is 0 Å². The van der Waals surface area contributed by atoms with Crippen LogP contribution in [0.3, 0.4) is 0 Å². The van der Waals surface area contributed by atoms with Gasteiger partial charge in [-0.2, -0.15) is 0 Å². The van der Waals surface area contributed by atoms with Gasteiger partial charge < -0.3 is 4.57 Å². The molecule has 0 aliphatic carbocycles. The van der Waals surface area contributed by atoms with Crippen LogP contribution in [0.5, 0.6) is 0 Å². The van der Waals surface area contributed by atoms with Gasteiger partial charge in [0.15, 0.2) is 0 Å². The summed E-state index contributed by atoms with van der Waals surface area (Å²) in [5.74, 6) is 5.99. The van der Waals surface area contributed by atoms with Gasteiger partial charge in [0.1, 0.15) is 12.0 Å². The fourth-order valence-corrected chi connectivity index (χ4v) is 1.12. The third kappa shape index (κ3) is 2.64. The molecular formula is C11H10N4. The predicted molar refractivity (Wildman–Crippen MR) is 55.9 cm³/mol. The first-order chi connectivity index (χ1) is 7.34. The van der Waals surface area contributed by atoms with Crippen molar-refractivity contribution in [2.75, 3.05) is 0 Å². The molecule has 0 aromatic carbocycles. The number of nitrogens with zero attached hydrogens (tertiary/aromatic N) is 4. The fourth-order valence-electron chi connectivity index (χ4n) is 1.12. The molecule has 0 spiro atoms. The second-order valence-corrected chi connectivity index (χ2v) is 3.08. The van der Waals surface area contributed by atoms with Gasteiger partial charge in [-0.05, 0) is 18.9 Å². The Kier molecular flexibility index (Phi) is 2.75. The average Bonchev–Trinajstić information content (AvgIpc) is 2.71. The molecule has 0 fully saturated rings. The molecule has 0 atom stereocenters. The molecule has 0 radical (unpaired) electrons. The first kappa shape index (κ1) is 9.41. The number of rotatable bonds is 1. The quantitative estimate of drug-likeness (QED) is 0.643. The molecule has 4 nitrogen and oxygen atoms in total. The highest BCUT2D eigenvalue weighted by molar-refractivity contribution is 5.27. The summed E-state index contributed by atoms with van der Waals surface area (Å²) in [4.78, 5) is 12.0. The Morgan fingerprint density at radius 3 is 3.07 bits per heavy atom. The smallest absolute Gasteiger partial charge is 0.117 e. The summed E-state index contributed by atoms with van der Waals surface area (Å²) in [6, 6.07) is 1.86. The summed E-state index contributed by atoms with van der Waals surface area (Å²) in [6.45, 7) is 2.55. The van der Waals surface area contributed by atoms with Crippen LogP contribution in [0.25, 0.3) is 0 Å². The third-order valence-corrected chi connectivity index (χ3v) is 1.84. The van der Waals surface area contributed by atoms with Crippen molar-refractivity contribution in [2.45, 2.75) is 13.5 Å². The molecule has 74 valence electrons. The van der Waals surface area contributed by atoms with Crippen molar-refractivity contribution in [1.82, 2.24) is 19.5 Å². The van der Waals surface area contributed by atoms with Crippen LogP contribution in [0.4, 0.5) is 0 Å². The minimum atomic E-state index is 0.628. The Morgan fingerprint density at radius 2 is 2.33 bits per heavy atom. The van der Waals surface area contributed by atoms with E-state index in [1.165, 1.54) is 6.33 Å². The molecule has 0 N–H and O–H groups in total. The maximum Gasteiger partial charge on any atom is 0.117 e. The predicted octanol–water partition coefficient (Wildman–Crippen LogP) is 1.03. The van der Waals surface area contributed by atoms with Crippen molar-refractivity contribution in [3.05, 3.63) is 42.5 Å². The number of aryl methyl sites for hydroxylation is 1. The Balaban J connectivity index is 2.06. The molecule has 4 heteroatoms. The van der Waals surface area contributed by atoms with Crippen LogP contribution >= 0.6 is 0 Å². The van der Waals surface area contributed by atoms with E-state index in [1.54, 1.807) is 12.5 Å². The normalized spacial score (nSPS) is 9.40. The van der Waals surface area contributed by atoms with E-state index in [-0.39, 0.29) is 0 Å². The van der Waals surface area contributed by atoms with E-state index in [9.17, 15) is 0 Å². The van der Waals surface area contributed by atoms with E-state index in [4.69, 9.17) is 0 Å². The van der Waals surface area contributed by atoms with E-state index < -0.39 is 0 Å². The summed E-state index contributed by atoms with van der Waals surface area (Å²) in [6.07, 6.45) is 6.87. The first-order valence-electron chi connectivity index (χ1n) is 4.58. The molecule has 15 heavy (non-hydrogen) atoms. The van der Waals surface area contributed by atoms with Crippen molar-refractivity contribution in [3.8, 4) is 11.8 Å². The highest BCUT2D eigenvalue weighted by Crippen LogP contribution is 1.93. The van der Waals surface area contributed by atoms with Crippen LogP contribution in [-0.4, -0.2) is 19.5 Å². The van der Waals surface area contributed by atoms with Gasteiger partial charge in [-0.25, -0.2) is 15.0 Å². The molecule has 0 unspecified atom stereocenters. The lowest BCUT2D eigenvalue weighted by molar-refractivity contribution is 0.839. The second-order valence-electron chi connectivity index (χ2n) is 3.08. The van der Waals surface area contributed by atoms with Crippen molar-refractivity contribution in [2.24, 2.45) is 0 Å². The Bertz CT molecular complexity index is 491. The van der Waals surface area contributed by atoms with E-state index in [0.717, 1.165) is 11.4 Å². The largest absolute Gasteiger partial charge is 0.326 e. The van der Waals surface area contributed by atoms with Gasteiger partial charge in [0.25, 0.3) is 0 Å². The molecule has 2 aromatic rings. The monoisotopic (exact) mass is 198 g/mol. The van der Waals surface area contributed by atoms with Crippen LogP contribution in [0, 0.1) is 18.8 Å². The standard InChI is InChI=1S/C11H10N4/c1-10-7-11(14-8-13-10)3-2-5-15-6-4-12-9-15/h4,6-9H,5H2,1H3. The highest BCUT2D eigenvalue weighted by Gasteiger charge is 1.89. The minimum absolute atomic E-state index is 0.628. The fraction of sp³-hybridized carbons (Fsp3) is 0.182. The summed E-state index contributed by atoms with van der Waals surface area (Å²) >= 11 is 0. The third-order valence-electron chi connectivity index (χ3n) is 1.84. The van der Waals surface area contributed by atoms with Crippen LogP contribution in [0.2, 0.25) is 0 Å². The van der Waals surface area contributed by atoms with Crippen LogP contribution in [-0.2, 0) is 6.54 Å². The van der Waals surface area contributed by atoms with Crippen molar-refractivity contribution >= 4 is 0 Å². The molecule has 0 saturated heterocycles. The molecule has 0 saturated carbocycles. The molecule has 2 heterocycles. The van der Waals surface area contributed by atoms with Gasteiger partial charge in [-0.15, -0.1) is 0 Å². The van der Waals surface area contributed by atoms with E-state index >= 15 is 0 Å². The highest BCUT2D eigenvalue weighted by atomic mass is 15.0. The van der Waals surface area contributed by atoms with Crippen molar-refractivity contribution in [1.29, 1.82) is 0 Å². The first-order valence-corrected chi connectivity index (χ1v) is 4.58. The van der Waals surface area contributed by atoms with E-state index in [2.05, 4.69) is 26.8 Å². The molecule has 0 aliphatic heterocycles. The van der Waals surface area contributed by atoms with Crippen LogP contribution in [0.15, 0.2) is 31.1 Å². The Labute approximate surface area is 88.0 Å². The molecular weight excluding hydrogens is 188 g/mol.